The maximum Gasteiger partial charge on any atom is 0.310 e. The monoisotopic (exact) mass is 488 g/mol. The van der Waals surface area contributed by atoms with Gasteiger partial charge in [-0.15, -0.1) is 24.0 Å². The van der Waals surface area contributed by atoms with Crippen LogP contribution < -0.4 is 10.6 Å². The summed E-state index contributed by atoms with van der Waals surface area (Å²) in [5, 5.41) is 6.12. The molecule has 1 saturated heterocycles. The summed E-state index contributed by atoms with van der Waals surface area (Å²) in [7, 11) is 3.15. The molecule has 8 heteroatoms. The highest BCUT2D eigenvalue weighted by atomic mass is 127. The molecule has 1 aromatic rings. The number of esters is 1. The van der Waals surface area contributed by atoms with Gasteiger partial charge in [0.15, 0.2) is 5.96 Å². The Balaban J connectivity index is 0.00000364. The normalized spacial score (nSPS) is 19.3. The third kappa shape index (κ3) is 6.08. The van der Waals surface area contributed by atoms with Gasteiger partial charge in [0.25, 0.3) is 5.91 Å². The first-order chi connectivity index (χ1) is 12.5. The van der Waals surface area contributed by atoms with Gasteiger partial charge in [0, 0.05) is 38.8 Å². The van der Waals surface area contributed by atoms with Crippen LogP contribution in [0.25, 0.3) is 0 Å². The average molecular weight is 488 g/mol. The molecule has 0 radical (unpaired) electrons. The molecule has 0 spiro atoms. The van der Waals surface area contributed by atoms with E-state index in [0.29, 0.717) is 25.2 Å². The fourth-order valence-corrected chi connectivity index (χ4v) is 3.20. The fourth-order valence-electron chi connectivity index (χ4n) is 3.20. The van der Waals surface area contributed by atoms with E-state index in [-0.39, 0.29) is 47.7 Å². The van der Waals surface area contributed by atoms with Crippen LogP contribution in [0, 0.1) is 11.8 Å². The zero-order valence-corrected chi connectivity index (χ0v) is 18.7. The first-order valence-electron chi connectivity index (χ1n) is 8.90. The summed E-state index contributed by atoms with van der Waals surface area (Å²) in [5.74, 6) is 0.562. The maximum absolute atomic E-state index is 12.0. The Kier molecular flexibility index (Phi) is 9.54. The minimum atomic E-state index is -0.176. The lowest BCUT2D eigenvalue weighted by molar-refractivity contribution is -0.145. The van der Waals surface area contributed by atoms with Crippen LogP contribution in [0.2, 0.25) is 0 Å². The number of hydrogen-bond acceptors (Lipinski definition) is 4. The molecule has 0 saturated carbocycles. The van der Waals surface area contributed by atoms with Gasteiger partial charge in [-0.05, 0) is 30.5 Å². The number of ether oxygens (including phenoxy) is 1. The van der Waals surface area contributed by atoms with Crippen molar-refractivity contribution < 1.29 is 14.3 Å². The molecular formula is C19H29IN4O3. The number of nitrogens with one attached hydrogen (secondary N) is 2. The second kappa shape index (κ2) is 11.1. The molecule has 1 aromatic carbocycles. The average Bonchev–Trinajstić information content (AvgIpc) is 3.03. The molecule has 2 atom stereocenters. The number of carbonyl (C=O) groups is 2. The lowest BCUT2D eigenvalue weighted by atomic mass is 9.99. The van der Waals surface area contributed by atoms with E-state index in [1.54, 1.807) is 13.1 Å². The number of carbonyl (C=O) groups excluding carboxylic acids is 2. The highest BCUT2D eigenvalue weighted by Gasteiger charge is 2.36. The quantitative estimate of drug-likeness (QED) is 0.286. The molecule has 2 rings (SSSR count). The molecule has 0 aromatic heterocycles. The number of aliphatic imine (C=N–C) groups is 1. The van der Waals surface area contributed by atoms with E-state index in [1.165, 1.54) is 7.11 Å². The predicted molar refractivity (Wildman–Crippen MR) is 116 cm³/mol. The largest absolute Gasteiger partial charge is 0.469 e. The van der Waals surface area contributed by atoms with Crippen molar-refractivity contribution in [2.45, 2.75) is 20.4 Å². The van der Waals surface area contributed by atoms with Gasteiger partial charge in [0.05, 0.1) is 13.0 Å². The van der Waals surface area contributed by atoms with Gasteiger partial charge in [-0.25, -0.2) is 0 Å². The van der Waals surface area contributed by atoms with Crippen molar-refractivity contribution in [3.05, 3.63) is 35.4 Å². The number of guanidine groups is 1. The van der Waals surface area contributed by atoms with E-state index in [9.17, 15) is 9.59 Å². The Morgan fingerprint density at radius 2 is 2.04 bits per heavy atom. The van der Waals surface area contributed by atoms with E-state index in [2.05, 4.69) is 20.5 Å². The summed E-state index contributed by atoms with van der Waals surface area (Å²) in [6, 6.07) is 7.50. The van der Waals surface area contributed by atoms with Gasteiger partial charge < -0.3 is 20.3 Å². The molecule has 0 bridgehead atoms. The minimum Gasteiger partial charge on any atom is -0.469 e. The van der Waals surface area contributed by atoms with Gasteiger partial charge in [0.2, 0.25) is 0 Å². The minimum absolute atomic E-state index is 0. The second-order valence-corrected chi connectivity index (χ2v) is 6.47. The van der Waals surface area contributed by atoms with Gasteiger partial charge in [-0.1, -0.05) is 19.1 Å². The first kappa shape index (κ1) is 23.2. The van der Waals surface area contributed by atoms with Crippen molar-refractivity contribution in [2.24, 2.45) is 16.8 Å². The Morgan fingerprint density at radius 1 is 1.30 bits per heavy atom. The van der Waals surface area contributed by atoms with Crippen molar-refractivity contribution in [3.63, 3.8) is 0 Å². The van der Waals surface area contributed by atoms with Crippen LogP contribution in [0.4, 0.5) is 0 Å². The molecule has 1 aliphatic heterocycles. The van der Waals surface area contributed by atoms with Crippen molar-refractivity contribution in [2.75, 3.05) is 33.8 Å². The molecular weight excluding hydrogens is 459 g/mol. The number of methoxy groups -OCH3 is 1. The van der Waals surface area contributed by atoms with E-state index in [0.717, 1.165) is 18.1 Å². The molecule has 2 unspecified atom stereocenters. The van der Waals surface area contributed by atoms with Crippen LogP contribution in [0.15, 0.2) is 29.3 Å². The summed E-state index contributed by atoms with van der Waals surface area (Å²) >= 11 is 0. The van der Waals surface area contributed by atoms with Crippen molar-refractivity contribution in [1.82, 2.24) is 15.5 Å². The summed E-state index contributed by atoms with van der Waals surface area (Å²) in [6.45, 7) is 6.43. The van der Waals surface area contributed by atoms with Crippen LogP contribution >= 0.6 is 24.0 Å². The van der Waals surface area contributed by atoms with E-state index >= 15 is 0 Å². The number of rotatable bonds is 5. The topological polar surface area (TPSA) is 83.0 Å². The van der Waals surface area contributed by atoms with Gasteiger partial charge in [0.1, 0.15) is 0 Å². The lowest BCUT2D eigenvalue weighted by Crippen LogP contribution is -2.40. The van der Waals surface area contributed by atoms with Crippen molar-refractivity contribution in [1.29, 1.82) is 0 Å². The summed E-state index contributed by atoms with van der Waals surface area (Å²) < 4.78 is 4.89. The Morgan fingerprint density at radius 3 is 2.67 bits per heavy atom. The molecule has 1 fully saturated rings. The Hall–Kier alpha value is -1.84. The number of benzene rings is 1. The smallest absolute Gasteiger partial charge is 0.310 e. The molecule has 1 aliphatic rings. The standard InChI is InChI=1S/C19H28N4O3.HI/c1-5-21-17(24)15-8-6-7-14(9-15)10-22-19(20-3)23-11-13(2)16(12-23)18(25)26-4;/h6-9,13,16H,5,10-12H2,1-4H3,(H,20,22)(H,21,24);1H. The van der Waals surface area contributed by atoms with Gasteiger partial charge in [-0.3, -0.25) is 14.6 Å². The highest BCUT2D eigenvalue weighted by Crippen LogP contribution is 2.24. The Bertz CT molecular complexity index is 681. The lowest BCUT2D eigenvalue weighted by Gasteiger charge is -2.21. The maximum atomic E-state index is 12.0. The van der Waals surface area contributed by atoms with Crippen LogP contribution in [0.3, 0.4) is 0 Å². The zero-order chi connectivity index (χ0) is 19.1. The van der Waals surface area contributed by atoms with Crippen molar-refractivity contribution in [3.8, 4) is 0 Å². The Labute approximate surface area is 178 Å². The summed E-state index contributed by atoms with van der Waals surface area (Å²) in [6.07, 6.45) is 0. The molecule has 2 N–H and O–H groups in total. The molecule has 150 valence electrons. The summed E-state index contributed by atoms with van der Waals surface area (Å²) in [5.41, 5.74) is 1.63. The molecule has 0 aliphatic carbocycles. The van der Waals surface area contributed by atoms with Crippen LogP contribution in [-0.4, -0.2) is 56.5 Å². The number of nitrogens with zero attached hydrogens (tertiary/aromatic N) is 2. The number of likely N-dealkylation sites (tertiary alicyclic amines) is 1. The molecule has 7 nitrogen and oxygen atoms in total. The fraction of sp³-hybridized carbons (Fsp3) is 0.526. The highest BCUT2D eigenvalue weighted by molar-refractivity contribution is 14.0. The SMILES string of the molecule is CCNC(=O)c1cccc(CNC(=NC)N2CC(C)C(C(=O)OC)C2)c1.I. The van der Waals surface area contributed by atoms with Crippen LogP contribution in [-0.2, 0) is 16.1 Å². The van der Waals surface area contributed by atoms with Gasteiger partial charge >= 0.3 is 5.97 Å². The van der Waals surface area contributed by atoms with E-state index < -0.39 is 0 Å². The van der Waals surface area contributed by atoms with Crippen LogP contribution in [0.1, 0.15) is 29.8 Å². The molecule has 1 heterocycles. The van der Waals surface area contributed by atoms with Gasteiger partial charge in [-0.2, -0.15) is 0 Å². The van der Waals surface area contributed by atoms with Crippen LogP contribution in [0.5, 0.6) is 0 Å². The molecule has 1 amide bonds. The summed E-state index contributed by atoms with van der Waals surface area (Å²) in [4.78, 5) is 30.2. The van der Waals surface area contributed by atoms with E-state index in [4.69, 9.17) is 4.74 Å². The number of amides is 1. The third-order valence-electron chi connectivity index (χ3n) is 4.60. The first-order valence-corrected chi connectivity index (χ1v) is 8.90. The zero-order valence-electron chi connectivity index (χ0n) is 16.3. The molecule has 27 heavy (non-hydrogen) atoms. The predicted octanol–water partition coefficient (Wildman–Crippen LogP) is 1.87. The number of hydrogen-bond donors (Lipinski definition) is 2. The second-order valence-electron chi connectivity index (χ2n) is 6.47. The van der Waals surface area contributed by atoms with E-state index in [1.807, 2.05) is 32.0 Å². The van der Waals surface area contributed by atoms with Crippen molar-refractivity contribution >= 4 is 41.8 Å². The third-order valence-corrected chi connectivity index (χ3v) is 4.60. The number of halogens is 1.